The van der Waals surface area contributed by atoms with Gasteiger partial charge >= 0.3 is 0 Å². The summed E-state index contributed by atoms with van der Waals surface area (Å²) in [6.45, 7) is 1.95. The summed E-state index contributed by atoms with van der Waals surface area (Å²) in [4.78, 5) is 26.6. The van der Waals surface area contributed by atoms with Crippen molar-refractivity contribution in [3.8, 4) is 0 Å². The quantitative estimate of drug-likeness (QED) is 0.722. The maximum Gasteiger partial charge on any atom is 0.264 e. The smallest absolute Gasteiger partial charge is 0.264 e. The highest BCUT2D eigenvalue weighted by molar-refractivity contribution is 6.30. The fraction of sp³-hybridized carbons (Fsp3) is 0.118. The summed E-state index contributed by atoms with van der Waals surface area (Å²) in [7, 11) is 0. The van der Waals surface area contributed by atoms with Crippen LogP contribution in [0.1, 0.15) is 40.3 Å². The summed E-state index contributed by atoms with van der Waals surface area (Å²) in [6, 6.07) is 13.5. The molecule has 3 aromatic rings. The number of nitrogens with one attached hydrogen (secondary N) is 2. The highest BCUT2D eigenvalue weighted by Crippen LogP contribution is 2.22. The summed E-state index contributed by atoms with van der Waals surface area (Å²) in [5.41, 5.74) is 2.39. The van der Waals surface area contributed by atoms with Crippen LogP contribution < -0.4 is 5.56 Å². The fourth-order valence-electron chi connectivity index (χ4n) is 2.31. The molecule has 0 saturated carbocycles. The van der Waals surface area contributed by atoms with Crippen molar-refractivity contribution in [1.82, 2.24) is 15.2 Å². The number of aromatic amines is 2. The van der Waals surface area contributed by atoms with E-state index in [9.17, 15) is 9.59 Å². The van der Waals surface area contributed by atoms with Crippen molar-refractivity contribution in [2.45, 2.75) is 12.8 Å². The van der Waals surface area contributed by atoms with E-state index in [1.807, 2.05) is 13.0 Å². The number of nitrogens with zero attached hydrogens (tertiary/aromatic N) is 1. The number of rotatable bonds is 4. The van der Waals surface area contributed by atoms with Crippen molar-refractivity contribution in [3.05, 3.63) is 86.6 Å². The number of carbonyl (C=O) groups excluding carboxylic acids is 1. The zero-order valence-electron chi connectivity index (χ0n) is 12.3. The number of hydrogen-bond donors (Lipinski definition) is 2. The maximum atomic E-state index is 12.4. The van der Waals surface area contributed by atoms with Gasteiger partial charge < -0.3 is 4.98 Å². The first-order valence-electron chi connectivity index (χ1n) is 7.09. The van der Waals surface area contributed by atoms with Crippen LogP contribution >= 0.6 is 11.6 Å². The third kappa shape index (κ3) is 3.24. The van der Waals surface area contributed by atoms with Crippen LogP contribution in [0.25, 0.3) is 0 Å². The van der Waals surface area contributed by atoms with Gasteiger partial charge in [0.25, 0.3) is 5.56 Å². The van der Waals surface area contributed by atoms with Gasteiger partial charge in [0.05, 0.1) is 11.4 Å². The van der Waals surface area contributed by atoms with Crippen LogP contribution in [0.15, 0.2) is 53.3 Å². The number of hydrogen-bond acceptors (Lipinski definition) is 3. The Kier molecular flexibility index (Phi) is 4.12. The molecule has 2 heterocycles. The highest BCUT2D eigenvalue weighted by atomic mass is 35.5. The predicted molar refractivity (Wildman–Crippen MR) is 88.1 cm³/mol. The van der Waals surface area contributed by atoms with Gasteiger partial charge in [0.1, 0.15) is 0 Å². The summed E-state index contributed by atoms with van der Waals surface area (Å²) in [5, 5.41) is 7.02. The lowest BCUT2D eigenvalue weighted by atomic mass is 10.0. The van der Waals surface area contributed by atoms with Gasteiger partial charge in [-0.25, -0.2) is 5.10 Å². The highest BCUT2D eigenvalue weighted by Gasteiger charge is 2.16. The molecule has 2 N–H and O–H groups in total. The number of aromatic nitrogens is 3. The van der Waals surface area contributed by atoms with Crippen LogP contribution in [-0.2, 0) is 0 Å². The molecule has 5 nitrogen and oxygen atoms in total. The molecular weight excluding hydrogens is 314 g/mol. The zero-order chi connectivity index (χ0) is 16.4. The molecule has 3 rings (SSSR count). The molecule has 116 valence electrons. The third-order valence-corrected chi connectivity index (χ3v) is 3.92. The van der Waals surface area contributed by atoms with E-state index in [-0.39, 0.29) is 17.3 Å². The third-order valence-electron chi connectivity index (χ3n) is 3.67. The molecule has 1 aromatic carbocycles. The molecule has 0 saturated heterocycles. The van der Waals surface area contributed by atoms with Crippen LogP contribution in [0.4, 0.5) is 0 Å². The summed E-state index contributed by atoms with van der Waals surface area (Å²) in [5.74, 6) is -0.173. The fourth-order valence-corrected chi connectivity index (χ4v) is 2.44. The Morgan fingerprint density at radius 1 is 1.09 bits per heavy atom. The van der Waals surface area contributed by atoms with Crippen molar-refractivity contribution in [2.75, 3.05) is 0 Å². The van der Waals surface area contributed by atoms with Gasteiger partial charge in [0, 0.05) is 28.3 Å². The number of halogens is 1. The molecule has 0 aliphatic rings. The van der Waals surface area contributed by atoms with Crippen LogP contribution in [0.5, 0.6) is 0 Å². The summed E-state index contributed by atoms with van der Waals surface area (Å²) in [6.07, 6.45) is 0. The Bertz CT molecular complexity index is 876. The van der Waals surface area contributed by atoms with E-state index in [1.54, 1.807) is 36.4 Å². The minimum atomic E-state index is -0.244. The lowest BCUT2D eigenvalue weighted by molar-refractivity contribution is 0.103. The van der Waals surface area contributed by atoms with E-state index in [4.69, 9.17) is 11.6 Å². The lowest BCUT2D eigenvalue weighted by Gasteiger charge is -2.08. The lowest BCUT2D eigenvalue weighted by Crippen LogP contribution is -2.10. The molecule has 0 aliphatic heterocycles. The second kappa shape index (κ2) is 6.22. The number of benzene rings is 1. The first-order valence-corrected chi connectivity index (χ1v) is 7.47. The monoisotopic (exact) mass is 327 g/mol. The van der Waals surface area contributed by atoms with Crippen molar-refractivity contribution >= 4 is 17.4 Å². The SMILES string of the molecule is CC(c1ccc(=O)[nH]n1)c1ccc(C(=O)c2ccc(Cl)cc2)[nH]1. The second-order valence-electron chi connectivity index (χ2n) is 5.23. The molecule has 0 spiro atoms. The Morgan fingerprint density at radius 2 is 1.83 bits per heavy atom. The van der Waals surface area contributed by atoms with Gasteiger partial charge in [-0.2, -0.15) is 5.10 Å². The second-order valence-corrected chi connectivity index (χ2v) is 5.67. The van der Waals surface area contributed by atoms with E-state index >= 15 is 0 Å². The van der Waals surface area contributed by atoms with E-state index in [0.717, 1.165) is 11.4 Å². The summed E-state index contributed by atoms with van der Waals surface area (Å²) >= 11 is 5.84. The summed E-state index contributed by atoms with van der Waals surface area (Å²) < 4.78 is 0. The molecule has 0 bridgehead atoms. The molecule has 0 fully saturated rings. The maximum absolute atomic E-state index is 12.4. The standard InChI is InChI=1S/C17H14ClN3O2/c1-10(14-8-9-16(22)21-20-14)13-6-7-15(19-13)17(23)11-2-4-12(18)5-3-11/h2-10,19H,1H3,(H,21,22). The van der Waals surface area contributed by atoms with E-state index in [2.05, 4.69) is 15.2 Å². The number of H-pyrrole nitrogens is 2. The zero-order valence-corrected chi connectivity index (χ0v) is 13.1. The van der Waals surface area contributed by atoms with Crippen molar-refractivity contribution < 1.29 is 4.79 Å². The molecule has 0 radical (unpaired) electrons. The molecule has 0 amide bonds. The molecule has 1 unspecified atom stereocenters. The molecule has 0 aliphatic carbocycles. The van der Waals surface area contributed by atoms with Gasteiger partial charge in [-0.1, -0.05) is 18.5 Å². The largest absolute Gasteiger partial charge is 0.355 e. The van der Waals surface area contributed by atoms with E-state index in [1.165, 1.54) is 6.07 Å². The van der Waals surface area contributed by atoms with Crippen LogP contribution in [0.2, 0.25) is 5.02 Å². The normalized spacial score (nSPS) is 12.1. The van der Waals surface area contributed by atoms with Gasteiger partial charge in [-0.3, -0.25) is 9.59 Å². The van der Waals surface area contributed by atoms with Gasteiger partial charge in [-0.05, 0) is 42.5 Å². The minimum absolute atomic E-state index is 0.0707. The van der Waals surface area contributed by atoms with E-state index in [0.29, 0.717) is 16.3 Å². The van der Waals surface area contributed by atoms with Gasteiger partial charge in [-0.15, -0.1) is 0 Å². The predicted octanol–water partition coefficient (Wildman–Crippen LogP) is 3.13. The van der Waals surface area contributed by atoms with Gasteiger partial charge in [0.15, 0.2) is 0 Å². The Labute approximate surface area is 137 Å². The van der Waals surface area contributed by atoms with Gasteiger partial charge in [0.2, 0.25) is 5.78 Å². The van der Waals surface area contributed by atoms with Crippen LogP contribution in [0, 0.1) is 0 Å². The topological polar surface area (TPSA) is 78.6 Å². The average Bonchev–Trinajstić information content (AvgIpc) is 3.05. The number of ketones is 1. The number of carbonyl (C=O) groups is 1. The Morgan fingerprint density at radius 3 is 2.48 bits per heavy atom. The van der Waals surface area contributed by atoms with Crippen molar-refractivity contribution in [1.29, 1.82) is 0 Å². The van der Waals surface area contributed by atoms with Crippen LogP contribution in [-0.4, -0.2) is 21.0 Å². The Balaban J connectivity index is 1.85. The minimum Gasteiger partial charge on any atom is -0.355 e. The molecular formula is C17H14ClN3O2. The van der Waals surface area contributed by atoms with Crippen molar-refractivity contribution in [2.24, 2.45) is 0 Å². The Hall–Kier alpha value is -2.66. The van der Waals surface area contributed by atoms with Crippen LogP contribution in [0.3, 0.4) is 0 Å². The first-order chi connectivity index (χ1) is 11.0. The average molecular weight is 328 g/mol. The first kappa shape index (κ1) is 15.2. The van der Waals surface area contributed by atoms with E-state index < -0.39 is 0 Å². The molecule has 23 heavy (non-hydrogen) atoms. The molecule has 6 heteroatoms. The molecule has 2 aromatic heterocycles. The molecule has 1 atom stereocenters. The van der Waals surface area contributed by atoms with Crippen molar-refractivity contribution in [3.63, 3.8) is 0 Å².